The van der Waals surface area contributed by atoms with Crippen molar-refractivity contribution in [1.29, 1.82) is 0 Å². The Balaban J connectivity index is 2.13. The maximum Gasteiger partial charge on any atom is 0.323 e. The smallest absolute Gasteiger partial charge is 0.323 e. The molecule has 3 nitrogen and oxygen atoms in total. The highest BCUT2D eigenvalue weighted by atomic mass is 19.1. The van der Waals surface area contributed by atoms with E-state index in [0.29, 0.717) is 12.1 Å². The van der Waals surface area contributed by atoms with Crippen LogP contribution in [0.3, 0.4) is 0 Å². The summed E-state index contributed by atoms with van der Waals surface area (Å²) in [4.78, 5) is 11.6. The number of benzene rings is 2. The number of hydrogen-bond donors (Lipinski definition) is 2. The lowest BCUT2D eigenvalue weighted by molar-refractivity contribution is -0.144. The Morgan fingerprint density at radius 2 is 1.76 bits per heavy atom. The number of carboxylic acids is 1. The molecule has 0 spiro atoms. The maximum absolute atomic E-state index is 13.7. The lowest BCUT2D eigenvalue weighted by Gasteiger charge is -2.27. The van der Waals surface area contributed by atoms with Crippen LogP contribution >= 0.6 is 0 Å². The monoisotopic (exact) mass is 287 g/mol. The number of nitrogens with one attached hydrogen (secondary N) is 1. The minimum atomic E-state index is -1.22. The molecule has 0 radical (unpaired) electrons. The first kappa shape index (κ1) is 15.2. The lowest BCUT2D eigenvalue weighted by Crippen LogP contribution is -2.51. The fourth-order valence-electron chi connectivity index (χ4n) is 2.13. The molecule has 2 aromatic rings. The number of carbonyl (C=O) groups is 1. The average molecular weight is 287 g/mol. The van der Waals surface area contributed by atoms with E-state index < -0.39 is 11.5 Å². The van der Waals surface area contributed by atoms with Crippen LogP contribution in [0.15, 0.2) is 54.6 Å². The van der Waals surface area contributed by atoms with Gasteiger partial charge in [-0.3, -0.25) is 10.1 Å². The highest BCUT2D eigenvalue weighted by Crippen LogP contribution is 2.17. The molecule has 0 aliphatic carbocycles. The fraction of sp³-hybridized carbons (Fsp3) is 0.235. The molecule has 4 heteroatoms. The number of halogens is 1. The van der Waals surface area contributed by atoms with Crippen LogP contribution in [-0.4, -0.2) is 16.6 Å². The van der Waals surface area contributed by atoms with Crippen molar-refractivity contribution in [1.82, 2.24) is 5.32 Å². The van der Waals surface area contributed by atoms with Crippen LogP contribution in [0.25, 0.3) is 0 Å². The molecule has 0 fully saturated rings. The van der Waals surface area contributed by atoms with E-state index in [1.807, 2.05) is 30.3 Å². The Bertz CT molecular complexity index is 615. The Hall–Kier alpha value is -2.20. The van der Waals surface area contributed by atoms with E-state index in [9.17, 15) is 14.3 Å². The maximum atomic E-state index is 13.7. The molecule has 0 saturated carbocycles. The SMILES string of the molecule is CC(Cc1ccccc1F)(NCc1ccccc1)C(=O)O. The number of carboxylic acid groups (broad SMARTS) is 1. The molecule has 1 unspecified atom stereocenters. The van der Waals surface area contributed by atoms with Gasteiger partial charge in [0.15, 0.2) is 0 Å². The molecule has 110 valence electrons. The minimum Gasteiger partial charge on any atom is -0.480 e. The van der Waals surface area contributed by atoms with Crippen molar-refractivity contribution in [3.63, 3.8) is 0 Å². The van der Waals surface area contributed by atoms with Crippen LogP contribution in [0.1, 0.15) is 18.1 Å². The van der Waals surface area contributed by atoms with Crippen molar-refractivity contribution < 1.29 is 14.3 Å². The summed E-state index contributed by atoms with van der Waals surface area (Å²) in [5.74, 6) is -1.38. The quantitative estimate of drug-likeness (QED) is 0.858. The van der Waals surface area contributed by atoms with Gasteiger partial charge in [-0.1, -0.05) is 48.5 Å². The molecule has 0 bridgehead atoms. The van der Waals surface area contributed by atoms with Gasteiger partial charge in [0.2, 0.25) is 0 Å². The van der Waals surface area contributed by atoms with Gasteiger partial charge in [-0.2, -0.15) is 0 Å². The standard InChI is InChI=1S/C17H18FNO2/c1-17(16(20)21,11-14-9-5-6-10-15(14)18)19-12-13-7-3-2-4-8-13/h2-10,19H,11-12H2,1H3,(H,20,21). The minimum absolute atomic E-state index is 0.0852. The Morgan fingerprint density at radius 1 is 1.14 bits per heavy atom. The summed E-state index contributed by atoms with van der Waals surface area (Å²) in [5.41, 5.74) is 0.152. The molecular formula is C17H18FNO2. The van der Waals surface area contributed by atoms with Gasteiger partial charge in [-0.05, 0) is 24.1 Å². The predicted octanol–water partition coefficient (Wildman–Crippen LogP) is 3.00. The second kappa shape index (κ2) is 6.50. The van der Waals surface area contributed by atoms with Crippen LogP contribution in [0.5, 0.6) is 0 Å². The zero-order valence-electron chi connectivity index (χ0n) is 11.8. The molecule has 2 N–H and O–H groups in total. The largest absolute Gasteiger partial charge is 0.480 e. The number of rotatable bonds is 6. The molecule has 0 saturated heterocycles. The first-order valence-electron chi connectivity index (χ1n) is 6.77. The third kappa shape index (κ3) is 3.89. The van der Waals surface area contributed by atoms with Gasteiger partial charge < -0.3 is 5.11 Å². The summed E-state index contributed by atoms with van der Waals surface area (Å²) >= 11 is 0. The topological polar surface area (TPSA) is 49.3 Å². The van der Waals surface area contributed by atoms with Crippen LogP contribution in [0, 0.1) is 5.82 Å². The Labute approximate surface area is 123 Å². The van der Waals surface area contributed by atoms with Gasteiger partial charge in [0, 0.05) is 13.0 Å². The third-order valence-electron chi connectivity index (χ3n) is 3.50. The van der Waals surface area contributed by atoms with Crippen molar-refractivity contribution >= 4 is 5.97 Å². The van der Waals surface area contributed by atoms with Crippen LogP contribution in [-0.2, 0) is 17.8 Å². The lowest BCUT2D eigenvalue weighted by atomic mass is 9.92. The molecule has 0 amide bonds. The first-order chi connectivity index (χ1) is 10.0. The number of hydrogen-bond acceptors (Lipinski definition) is 2. The van der Waals surface area contributed by atoms with Gasteiger partial charge >= 0.3 is 5.97 Å². The molecule has 0 heterocycles. The summed E-state index contributed by atoms with van der Waals surface area (Å²) in [6.07, 6.45) is 0.0852. The Kier molecular flexibility index (Phi) is 4.70. The zero-order chi connectivity index (χ0) is 15.3. The first-order valence-corrected chi connectivity index (χ1v) is 6.77. The normalized spacial score (nSPS) is 13.6. The van der Waals surface area contributed by atoms with Crippen molar-refractivity contribution in [2.24, 2.45) is 0 Å². The van der Waals surface area contributed by atoms with Crippen molar-refractivity contribution in [2.45, 2.75) is 25.4 Å². The van der Waals surface area contributed by atoms with Crippen LogP contribution < -0.4 is 5.32 Å². The zero-order valence-corrected chi connectivity index (χ0v) is 11.8. The molecule has 21 heavy (non-hydrogen) atoms. The fourth-order valence-corrected chi connectivity index (χ4v) is 2.13. The van der Waals surface area contributed by atoms with E-state index in [2.05, 4.69) is 5.32 Å². The van der Waals surface area contributed by atoms with E-state index in [1.165, 1.54) is 6.07 Å². The number of aliphatic carboxylic acids is 1. The van der Waals surface area contributed by atoms with E-state index >= 15 is 0 Å². The Morgan fingerprint density at radius 3 is 2.38 bits per heavy atom. The summed E-state index contributed by atoms with van der Waals surface area (Å²) in [5, 5.41) is 12.5. The van der Waals surface area contributed by atoms with E-state index in [4.69, 9.17) is 0 Å². The van der Waals surface area contributed by atoms with Gasteiger partial charge in [-0.25, -0.2) is 4.39 Å². The van der Waals surface area contributed by atoms with Crippen molar-refractivity contribution in [3.8, 4) is 0 Å². The van der Waals surface area contributed by atoms with Crippen LogP contribution in [0.2, 0.25) is 0 Å². The van der Waals surface area contributed by atoms with E-state index in [0.717, 1.165) is 5.56 Å². The van der Waals surface area contributed by atoms with Gasteiger partial charge in [0.25, 0.3) is 0 Å². The molecule has 2 aromatic carbocycles. The van der Waals surface area contributed by atoms with E-state index in [1.54, 1.807) is 25.1 Å². The summed E-state index contributed by atoms with van der Waals surface area (Å²) in [7, 11) is 0. The van der Waals surface area contributed by atoms with Gasteiger partial charge in [0.05, 0.1) is 0 Å². The van der Waals surface area contributed by atoms with Gasteiger partial charge in [0.1, 0.15) is 11.4 Å². The highest BCUT2D eigenvalue weighted by molar-refractivity contribution is 5.78. The molecule has 0 aliphatic rings. The third-order valence-corrected chi connectivity index (χ3v) is 3.50. The second-order valence-corrected chi connectivity index (χ2v) is 5.24. The molecule has 1 atom stereocenters. The van der Waals surface area contributed by atoms with Crippen molar-refractivity contribution in [3.05, 3.63) is 71.5 Å². The molecule has 2 rings (SSSR count). The highest BCUT2D eigenvalue weighted by Gasteiger charge is 2.33. The molecule has 0 aromatic heterocycles. The predicted molar refractivity (Wildman–Crippen MR) is 79.4 cm³/mol. The van der Waals surface area contributed by atoms with Crippen LogP contribution in [0.4, 0.5) is 4.39 Å². The summed E-state index contributed by atoms with van der Waals surface area (Å²) in [6.45, 7) is 1.99. The second-order valence-electron chi connectivity index (χ2n) is 5.24. The van der Waals surface area contributed by atoms with Gasteiger partial charge in [-0.15, -0.1) is 0 Å². The van der Waals surface area contributed by atoms with Crippen molar-refractivity contribution in [2.75, 3.05) is 0 Å². The average Bonchev–Trinajstić information content (AvgIpc) is 2.48. The molecular weight excluding hydrogens is 269 g/mol. The van der Waals surface area contributed by atoms with E-state index in [-0.39, 0.29) is 12.2 Å². The molecule has 0 aliphatic heterocycles. The summed E-state index contributed by atoms with van der Waals surface area (Å²) in [6, 6.07) is 15.8. The summed E-state index contributed by atoms with van der Waals surface area (Å²) < 4.78 is 13.7.